The van der Waals surface area contributed by atoms with Gasteiger partial charge in [-0.05, 0) is 29.3 Å². The Kier molecular flexibility index (Phi) is 4.48. The van der Waals surface area contributed by atoms with Crippen LogP contribution in [0.4, 0.5) is 13.6 Å². The van der Waals surface area contributed by atoms with E-state index in [0.717, 1.165) is 11.1 Å². The number of nitrogens with one attached hydrogen (secondary N) is 1. The molecule has 27 heavy (non-hydrogen) atoms. The molecule has 1 aromatic carbocycles. The number of cyclic esters (lactones) is 1. The van der Waals surface area contributed by atoms with Crippen molar-refractivity contribution in [2.24, 2.45) is 5.92 Å². The first kappa shape index (κ1) is 17.7. The van der Waals surface area contributed by atoms with Gasteiger partial charge in [-0.1, -0.05) is 35.6 Å². The summed E-state index contributed by atoms with van der Waals surface area (Å²) in [6.07, 6.45) is 1.77. The maximum atomic E-state index is 12.9. The summed E-state index contributed by atoms with van der Waals surface area (Å²) in [4.78, 5) is 16.0. The van der Waals surface area contributed by atoms with Gasteiger partial charge in [0.15, 0.2) is 6.10 Å². The van der Waals surface area contributed by atoms with E-state index >= 15 is 0 Å². The molecular formula is C20H15ClF2N2O2. The number of hydrogen-bond acceptors (Lipinski definition) is 3. The smallest absolute Gasteiger partial charge is 0.408 e. The molecule has 1 aromatic heterocycles. The summed E-state index contributed by atoms with van der Waals surface area (Å²) in [6, 6.07) is 8.42. The Hall–Kier alpha value is -2.65. The molecule has 2 aliphatic rings. The van der Waals surface area contributed by atoms with E-state index in [2.05, 4.69) is 22.1 Å². The van der Waals surface area contributed by atoms with Crippen LogP contribution in [0, 0.1) is 17.8 Å². The monoisotopic (exact) mass is 388 g/mol. The number of alkyl carbamates (subject to hydrolysis) is 1. The van der Waals surface area contributed by atoms with Gasteiger partial charge < -0.3 is 10.1 Å². The molecule has 2 heterocycles. The molecule has 2 atom stereocenters. The fourth-order valence-electron chi connectivity index (χ4n) is 3.24. The van der Waals surface area contributed by atoms with E-state index in [9.17, 15) is 13.6 Å². The molecule has 1 aliphatic heterocycles. The lowest BCUT2D eigenvalue weighted by Gasteiger charge is -2.31. The van der Waals surface area contributed by atoms with Gasteiger partial charge in [-0.3, -0.25) is 4.98 Å². The minimum Gasteiger partial charge on any atom is -0.439 e. The molecule has 1 saturated carbocycles. The number of hydrogen-bond donors (Lipinski definition) is 1. The SMILES string of the molecule is O=C1NC(c2cncc(C#CC3CC(F)(F)C3)c2)[C@@H](c2ccc(Cl)cc2)O1. The van der Waals surface area contributed by atoms with E-state index in [-0.39, 0.29) is 18.8 Å². The lowest BCUT2D eigenvalue weighted by Crippen LogP contribution is -2.34. The summed E-state index contributed by atoms with van der Waals surface area (Å²) in [5, 5.41) is 3.37. The molecule has 1 N–H and O–H groups in total. The molecule has 1 aliphatic carbocycles. The average Bonchev–Trinajstić information content (AvgIpc) is 3.01. The van der Waals surface area contributed by atoms with Crippen molar-refractivity contribution in [2.45, 2.75) is 30.9 Å². The molecule has 1 amide bonds. The molecule has 138 valence electrons. The number of pyridine rings is 1. The molecule has 0 radical (unpaired) electrons. The minimum atomic E-state index is -2.59. The lowest BCUT2D eigenvalue weighted by molar-refractivity contribution is -0.0936. The van der Waals surface area contributed by atoms with Crippen molar-refractivity contribution in [3.63, 3.8) is 0 Å². The molecule has 4 rings (SSSR count). The van der Waals surface area contributed by atoms with Gasteiger partial charge in [0.2, 0.25) is 0 Å². The molecule has 2 aromatic rings. The number of carbonyl (C=O) groups is 1. The first-order chi connectivity index (χ1) is 12.9. The summed E-state index contributed by atoms with van der Waals surface area (Å²) in [5.74, 6) is 2.89. The summed E-state index contributed by atoms with van der Waals surface area (Å²) >= 11 is 5.92. The van der Waals surface area contributed by atoms with Gasteiger partial charge in [0, 0.05) is 41.7 Å². The van der Waals surface area contributed by atoms with Gasteiger partial charge in [0.25, 0.3) is 5.92 Å². The number of amides is 1. The van der Waals surface area contributed by atoms with Crippen LogP contribution in [-0.2, 0) is 4.74 Å². The third-order valence-electron chi connectivity index (χ3n) is 4.64. The van der Waals surface area contributed by atoms with Gasteiger partial charge in [-0.2, -0.15) is 0 Å². The standard InChI is InChI=1S/C20H15ClF2N2O2/c21-16-5-3-14(4-6-16)18-17(25-19(26)27-18)15-7-12(10-24-11-15)1-2-13-8-20(22,23)9-13/h3-7,10-11,13,17-18H,8-9H2,(H,25,26)/t17?,18-/m1/s1. The van der Waals surface area contributed by atoms with Crippen molar-refractivity contribution in [3.05, 3.63) is 64.4 Å². The Labute approximate surface area is 159 Å². The van der Waals surface area contributed by atoms with Crippen molar-refractivity contribution in [2.75, 3.05) is 0 Å². The number of aromatic nitrogens is 1. The van der Waals surface area contributed by atoms with Gasteiger partial charge in [0.05, 0.1) is 0 Å². The fraction of sp³-hybridized carbons (Fsp3) is 0.300. The quantitative estimate of drug-likeness (QED) is 0.761. The molecule has 4 nitrogen and oxygen atoms in total. The van der Waals surface area contributed by atoms with E-state index in [1.54, 1.807) is 42.7 Å². The largest absolute Gasteiger partial charge is 0.439 e. The van der Waals surface area contributed by atoms with Crippen LogP contribution in [0.1, 0.15) is 41.7 Å². The van der Waals surface area contributed by atoms with Crippen LogP contribution < -0.4 is 5.32 Å². The topological polar surface area (TPSA) is 51.2 Å². The Bertz CT molecular complexity index is 929. The summed E-state index contributed by atoms with van der Waals surface area (Å²) in [7, 11) is 0. The number of nitrogens with zero attached hydrogens (tertiary/aromatic N) is 1. The molecule has 0 spiro atoms. The molecule has 0 bridgehead atoms. The Balaban J connectivity index is 1.56. The lowest BCUT2D eigenvalue weighted by atomic mass is 9.82. The predicted octanol–water partition coefficient (Wildman–Crippen LogP) is 4.65. The third-order valence-corrected chi connectivity index (χ3v) is 4.89. The van der Waals surface area contributed by atoms with Crippen molar-refractivity contribution in [1.82, 2.24) is 10.3 Å². The highest BCUT2D eigenvalue weighted by Gasteiger charge is 2.44. The van der Waals surface area contributed by atoms with Crippen LogP contribution in [-0.4, -0.2) is 17.0 Å². The average molecular weight is 389 g/mol. The highest BCUT2D eigenvalue weighted by Crippen LogP contribution is 2.42. The predicted molar refractivity (Wildman–Crippen MR) is 95.3 cm³/mol. The maximum absolute atomic E-state index is 12.9. The van der Waals surface area contributed by atoms with Crippen molar-refractivity contribution >= 4 is 17.7 Å². The van der Waals surface area contributed by atoms with Crippen LogP contribution in [0.5, 0.6) is 0 Å². The van der Waals surface area contributed by atoms with Gasteiger partial charge in [-0.25, -0.2) is 13.6 Å². The molecule has 1 unspecified atom stereocenters. The van der Waals surface area contributed by atoms with Gasteiger partial charge >= 0.3 is 6.09 Å². The van der Waals surface area contributed by atoms with E-state index in [4.69, 9.17) is 16.3 Å². The van der Waals surface area contributed by atoms with Gasteiger partial charge in [-0.15, -0.1) is 0 Å². The Morgan fingerprint density at radius 3 is 2.63 bits per heavy atom. The summed E-state index contributed by atoms with van der Waals surface area (Å²) in [6.45, 7) is 0. The van der Waals surface area contributed by atoms with Gasteiger partial charge in [0.1, 0.15) is 6.04 Å². The molecule has 1 saturated heterocycles. The maximum Gasteiger partial charge on any atom is 0.408 e. The molecular weight excluding hydrogens is 374 g/mol. The molecule has 7 heteroatoms. The number of benzene rings is 1. The van der Waals surface area contributed by atoms with E-state index in [0.29, 0.717) is 10.6 Å². The van der Waals surface area contributed by atoms with Crippen molar-refractivity contribution in [1.29, 1.82) is 0 Å². The first-order valence-electron chi connectivity index (χ1n) is 8.47. The van der Waals surface area contributed by atoms with Crippen LogP contribution in [0.25, 0.3) is 0 Å². The fourth-order valence-corrected chi connectivity index (χ4v) is 3.36. The van der Waals surface area contributed by atoms with Crippen LogP contribution in [0.15, 0.2) is 42.7 Å². The zero-order valence-corrected chi connectivity index (χ0v) is 14.8. The second-order valence-electron chi connectivity index (χ2n) is 6.74. The van der Waals surface area contributed by atoms with Crippen LogP contribution in [0.2, 0.25) is 5.02 Å². The Morgan fingerprint density at radius 2 is 1.93 bits per heavy atom. The van der Waals surface area contributed by atoms with Crippen LogP contribution >= 0.6 is 11.6 Å². The second-order valence-corrected chi connectivity index (χ2v) is 7.17. The number of halogens is 3. The van der Waals surface area contributed by atoms with Crippen molar-refractivity contribution in [3.8, 4) is 11.8 Å². The number of ether oxygens (including phenoxy) is 1. The van der Waals surface area contributed by atoms with Crippen LogP contribution in [0.3, 0.4) is 0 Å². The minimum absolute atomic E-state index is 0.196. The number of alkyl halides is 2. The van der Waals surface area contributed by atoms with E-state index in [1.807, 2.05) is 0 Å². The summed E-state index contributed by atoms with van der Waals surface area (Å²) < 4.78 is 31.2. The number of carbonyl (C=O) groups excluding carboxylic acids is 1. The highest BCUT2D eigenvalue weighted by atomic mass is 35.5. The highest BCUT2D eigenvalue weighted by molar-refractivity contribution is 6.30. The summed E-state index contributed by atoms with van der Waals surface area (Å²) in [5.41, 5.74) is 2.14. The zero-order chi connectivity index (χ0) is 19.0. The first-order valence-corrected chi connectivity index (χ1v) is 8.84. The third kappa shape index (κ3) is 3.88. The van der Waals surface area contributed by atoms with E-state index < -0.39 is 24.2 Å². The van der Waals surface area contributed by atoms with Crippen molar-refractivity contribution < 1.29 is 18.3 Å². The zero-order valence-electron chi connectivity index (χ0n) is 14.1. The molecule has 2 fully saturated rings. The normalized spacial score (nSPS) is 23.6. The second kappa shape index (κ2) is 6.82. The Morgan fingerprint density at radius 1 is 1.19 bits per heavy atom. The van der Waals surface area contributed by atoms with E-state index in [1.165, 1.54) is 0 Å². The number of rotatable bonds is 2.